The lowest BCUT2D eigenvalue weighted by molar-refractivity contribution is 0.141. The summed E-state index contributed by atoms with van der Waals surface area (Å²) in [5.41, 5.74) is 0. The number of piperidine rings is 1. The Morgan fingerprint density at radius 3 is 2.27 bits per heavy atom. The summed E-state index contributed by atoms with van der Waals surface area (Å²) in [4.78, 5) is 9.77. The summed E-state index contributed by atoms with van der Waals surface area (Å²) >= 11 is 0. The maximum absolute atomic E-state index is 13.2. The van der Waals surface area contributed by atoms with Gasteiger partial charge in [0.25, 0.3) is 0 Å². The molecule has 2 aromatic heterocycles. The van der Waals surface area contributed by atoms with Gasteiger partial charge in [-0.2, -0.15) is 4.98 Å². The van der Waals surface area contributed by atoms with Crippen LogP contribution < -0.4 is 9.64 Å². The van der Waals surface area contributed by atoms with Gasteiger partial charge in [0.05, 0.1) is 24.6 Å². The predicted molar refractivity (Wildman–Crippen MR) is 107 cm³/mol. The number of hydrogen-bond acceptors (Lipinski definition) is 7. The van der Waals surface area contributed by atoms with Crippen molar-refractivity contribution in [2.24, 2.45) is 0 Å². The Morgan fingerprint density at radius 1 is 1.07 bits per heavy atom. The third-order valence-electron chi connectivity index (χ3n) is 5.33. The molecule has 1 saturated heterocycles. The second-order valence-corrected chi connectivity index (χ2v) is 8.12. The van der Waals surface area contributed by atoms with Crippen molar-refractivity contribution in [2.45, 2.75) is 76.9 Å². The molecule has 0 amide bonds. The monoisotopic (exact) mass is 424 g/mol. The van der Waals surface area contributed by atoms with E-state index in [4.69, 9.17) is 9.26 Å². The van der Waals surface area contributed by atoms with Crippen LogP contribution in [-0.4, -0.2) is 45.5 Å². The van der Waals surface area contributed by atoms with Crippen molar-refractivity contribution in [3.63, 3.8) is 0 Å². The highest BCUT2D eigenvalue weighted by Gasteiger charge is 2.22. The van der Waals surface area contributed by atoms with Crippen LogP contribution in [0.5, 0.6) is 5.75 Å². The Balaban J connectivity index is 0.000000171. The Bertz CT molecular complexity index is 768. The normalized spacial score (nSPS) is 18.3. The maximum atomic E-state index is 13.2. The van der Waals surface area contributed by atoms with E-state index >= 15 is 0 Å². The highest BCUT2D eigenvalue weighted by Crippen LogP contribution is 2.26. The Kier molecular flexibility index (Phi) is 7.95. The number of aliphatic hydroxyl groups excluding tert-OH is 1. The minimum Gasteiger partial charge on any atom is -0.484 e. The molecule has 0 radical (unpaired) electrons. The Labute approximate surface area is 175 Å². The average molecular weight is 424 g/mol. The summed E-state index contributed by atoms with van der Waals surface area (Å²) in [6, 6.07) is 0.589. The fourth-order valence-corrected chi connectivity index (χ4v) is 3.51. The predicted octanol–water partition coefficient (Wildman–Crippen LogP) is 4.23. The number of ether oxygens (including phenoxy) is 1. The first kappa shape index (κ1) is 22.4. The first-order chi connectivity index (χ1) is 14.4. The van der Waals surface area contributed by atoms with Crippen LogP contribution in [-0.2, 0) is 0 Å². The molecule has 2 aliphatic rings. The molecule has 0 aromatic carbocycles. The number of halogens is 2. The molecule has 4 rings (SSSR count). The van der Waals surface area contributed by atoms with Gasteiger partial charge in [-0.1, -0.05) is 25.4 Å². The first-order valence-electron chi connectivity index (χ1n) is 10.7. The van der Waals surface area contributed by atoms with Crippen LogP contribution in [0.1, 0.15) is 70.5 Å². The second kappa shape index (κ2) is 10.7. The highest BCUT2D eigenvalue weighted by molar-refractivity contribution is 5.26. The number of anilines is 1. The van der Waals surface area contributed by atoms with Crippen LogP contribution in [0.25, 0.3) is 0 Å². The van der Waals surface area contributed by atoms with E-state index in [0.717, 1.165) is 69.8 Å². The average Bonchev–Trinajstić information content (AvgIpc) is 3.23. The lowest BCUT2D eigenvalue weighted by Crippen LogP contribution is -2.36. The van der Waals surface area contributed by atoms with Crippen LogP contribution >= 0.6 is 0 Å². The van der Waals surface area contributed by atoms with E-state index in [9.17, 15) is 13.9 Å². The van der Waals surface area contributed by atoms with Gasteiger partial charge in [-0.05, 0) is 38.5 Å². The summed E-state index contributed by atoms with van der Waals surface area (Å²) in [5.74, 6) is -0.688. The summed E-state index contributed by atoms with van der Waals surface area (Å²) in [6.45, 7) is 5.66. The van der Waals surface area contributed by atoms with E-state index in [0.29, 0.717) is 6.01 Å². The summed E-state index contributed by atoms with van der Waals surface area (Å²) in [6.07, 6.45) is 8.35. The molecule has 30 heavy (non-hydrogen) atoms. The van der Waals surface area contributed by atoms with E-state index in [2.05, 4.69) is 15.1 Å². The van der Waals surface area contributed by atoms with E-state index < -0.39 is 11.6 Å². The molecule has 0 bridgehead atoms. The molecule has 7 nitrogen and oxygen atoms in total. The van der Waals surface area contributed by atoms with Crippen LogP contribution in [0.2, 0.25) is 0 Å². The second-order valence-electron chi connectivity index (χ2n) is 8.12. The lowest BCUT2D eigenvalue weighted by Gasteiger charge is -2.27. The molecule has 1 aliphatic heterocycles. The van der Waals surface area contributed by atoms with Crippen molar-refractivity contribution in [3.05, 3.63) is 29.9 Å². The van der Waals surface area contributed by atoms with E-state index in [1.807, 2.05) is 18.7 Å². The lowest BCUT2D eigenvalue weighted by atomic mass is 9.98. The molecule has 2 aromatic rings. The molecule has 0 spiro atoms. The van der Waals surface area contributed by atoms with Crippen molar-refractivity contribution in [1.82, 2.24) is 15.1 Å². The van der Waals surface area contributed by atoms with Gasteiger partial charge in [-0.15, -0.1) is 0 Å². The van der Waals surface area contributed by atoms with Gasteiger partial charge in [0.2, 0.25) is 0 Å². The third-order valence-corrected chi connectivity index (χ3v) is 5.33. The van der Waals surface area contributed by atoms with Crippen LogP contribution in [0.15, 0.2) is 16.9 Å². The van der Waals surface area contributed by atoms with Crippen LogP contribution in [0.4, 0.5) is 14.8 Å². The van der Waals surface area contributed by atoms with Crippen LogP contribution in [0.3, 0.4) is 0 Å². The van der Waals surface area contributed by atoms with Crippen molar-refractivity contribution in [2.75, 3.05) is 18.0 Å². The maximum Gasteiger partial charge on any atom is 0.324 e. The smallest absolute Gasteiger partial charge is 0.324 e. The molecule has 9 heteroatoms. The third kappa shape index (κ3) is 6.10. The minimum absolute atomic E-state index is 0.0508. The van der Waals surface area contributed by atoms with Gasteiger partial charge in [-0.25, -0.2) is 8.78 Å². The number of aromatic nitrogens is 3. The number of rotatable bonds is 4. The van der Waals surface area contributed by atoms with Gasteiger partial charge in [0.15, 0.2) is 23.2 Å². The van der Waals surface area contributed by atoms with E-state index in [-0.39, 0.29) is 23.9 Å². The van der Waals surface area contributed by atoms with Gasteiger partial charge in [0.1, 0.15) is 0 Å². The molecule has 1 N–H and O–H groups in total. The molecular weight excluding hydrogens is 394 g/mol. The highest BCUT2D eigenvalue weighted by atomic mass is 19.1. The Morgan fingerprint density at radius 2 is 1.70 bits per heavy atom. The van der Waals surface area contributed by atoms with E-state index in [1.54, 1.807) is 0 Å². The molecule has 0 atom stereocenters. The number of pyridine rings is 1. The van der Waals surface area contributed by atoms with Gasteiger partial charge >= 0.3 is 6.01 Å². The van der Waals surface area contributed by atoms with Crippen molar-refractivity contribution in [1.29, 1.82) is 0 Å². The fourth-order valence-electron chi connectivity index (χ4n) is 3.51. The van der Waals surface area contributed by atoms with Crippen LogP contribution in [0, 0.1) is 11.6 Å². The molecule has 166 valence electrons. The number of nitrogens with zero attached hydrogens (tertiary/aromatic N) is 4. The molecule has 2 fully saturated rings. The zero-order valence-corrected chi connectivity index (χ0v) is 17.6. The van der Waals surface area contributed by atoms with Crippen molar-refractivity contribution >= 4 is 6.01 Å². The minimum atomic E-state index is -0.722. The molecule has 0 unspecified atom stereocenters. The van der Waals surface area contributed by atoms with Crippen molar-refractivity contribution < 1.29 is 23.1 Å². The standard InChI is InChI=1S/C11H13F2NO.C10H17N3O2/c12-9-6-14-7-10(13)11(9)15-8-4-2-1-3-5-8;1-7(2)9-11-10(15-12-9)13-5-3-8(14)4-6-13/h6-8H,1-5H2;7-8,14H,3-6H2,1-2H3. The molecule has 1 saturated carbocycles. The molecule has 1 aliphatic carbocycles. The van der Waals surface area contributed by atoms with Gasteiger partial charge in [-0.3, -0.25) is 4.98 Å². The molecular formula is C21H30F2N4O3. The van der Waals surface area contributed by atoms with Crippen molar-refractivity contribution in [3.8, 4) is 5.75 Å². The quantitative estimate of drug-likeness (QED) is 0.786. The number of hydrogen-bond donors (Lipinski definition) is 1. The largest absolute Gasteiger partial charge is 0.484 e. The van der Waals surface area contributed by atoms with E-state index in [1.165, 1.54) is 6.42 Å². The van der Waals surface area contributed by atoms with Gasteiger partial charge in [0, 0.05) is 19.0 Å². The zero-order valence-electron chi connectivity index (χ0n) is 17.6. The topological polar surface area (TPSA) is 84.5 Å². The summed E-state index contributed by atoms with van der Waals surface area (Å²) < 4.78 is 36.9. The Hall–Kier alpha value is -2.29. The summed E-state index contributed by atoms with van der Waals surface area (Å²) in [5, 5.41) is 13.3. The first-order valence-corrected chi connectivity index (χ1v) is 10.7. The summed E-state index contributed by atoms with van der Waals surface area (Å²) in [7, 11) is 0. The fraction of sp³-hybridized carbons (Fsp3) is 0.667. The van der Waals surface area contributed by atoms with Gasteiger partial charge < -0.3 is 19.3 Å². The zero-order chi connectivity index (χ0) is 21.5. The number of aliphatic hydroxyl groups is 1. The SMILES string of the molecule is CC(C)c1noc(N2CCC(O)CC2)n1.Fc1cncc(F)c1OC1CCCCC1. The molecule has 3 heterocycles.